The van der Waals surface area contributed by atoms with Crippen molar-refractivity contribution in [1.29, 1.82) is 0 Å². The molecule has 0 fully saturated rings. The molecule has 2 rings (SSSR count). The van der Waals surface area contributed by atoms with Crippen LogP contribution in [0.15, 0.2) is 54.6 Å². The maximum Gasteiger partial charge on any atom is 0.244 e. The van der Waals surface area contributed by atoms with Crippen LogP contribution in [0.5, 0.6) is 17.2 Å². The smallest absolute Gasteiger partial charge is 0.244 e. The van der Waals surface area contributed by atoms with Crippen LogP contribution >= 0.6 is 0 Å². The lowest BCUT2D eigenvalue weighted by Gasteiger charge is -2.07. The number of rotatable bonds is 10. The average molecular weight is 355 g/mol. The molecule has 26 heavy (non-hydrogen) atoms. The van der Waals surface area contributed by atoms with Crippen molar-refractivity contribution in [3.63, 3.8) is 0 Å². The second-order valence-corrected chi connectivity index (χ2v) is 5.57. The van der Waals surface area contributed by atoms with Crippen LogP contribution in [-0.4, -0.2) is 32.8 Å². The number of benzene rings is 2. The molecule has 0 aliphatic heterocycles. The Morgan fingerprint density at radius 2 is 1.50 bits per heavy atom. The third-order valence-corrected chi connectivity index (χ3v) is 3.51. The first-order valence-corrected chi connectivity index (χ1v) is 8.67. The summed E-state index contributed by atoms with van der Waals surface area (Å²) in [7, 11) is 1.62. The molecule has 0 aromatic heterocycles. The van der Waals surface area contributed by atoms with E-state index in [9.17, 15) is 4.79 Å². The average Bonchev–Trinajstić information content (AvgIpc) is 2.69. The van der Waals surface area contributed by atoms with Gasteiger partial charge in [-0.25, -0.2) is 0 Å². The highest BCUT2D eigenvalue weighted by Gasteiger charge is 1.98. The van der Waals surface area contributed by atoms with E-state index in [1.165, 1.54) is 6.08 Å². The molecule has 1 amide bonds. The topological polar surface area (TPSA) is 56.8 Å². The summed E-state index contributed by atoms with van der Waals surface area (Å²) in [4.78, 5) is 11.8. The van der Waals surface area contributed by atoms with Crippen LogP contribution in [0.25, 0.3) is 6.08 Å². The Balaban J connectivity index is 1.68. The SMILES string of the molecule is CCCOc1ccc(/C=C/C(=O)NCCOc2ccc(OC)cc2)cc1. The molecule has 0 radical (unpaired) electrons. The van der Waals surface area contributed by atoms with E-state index < -0.39 is 0 Å². The van der Waals surface area contributed by atoms with Crippen molar-refractivity contribution in [3.05, 3.63) is 60.2 Å². The summed E-state index contributed by atoms with van der Waals surface area (Å²) in [5, 5.41) is 2.78. The van der Waals surface area contributed by atoms with E-state index in [2.05, 4.69) is 12.2 Å². The summed E-state index contributed by atoms with van der Waals surface area (Å²) in [6, 6.07) is 14.9. The van der Waals surface area contributed by atoms with E-state index in [1.807, 2.05) is 48.5 Å². The van der Waals surface area contributed by atoms with Gasteiger partial charge in [0, 0.05) is 6.08 Å². The molecule has 0 bridgehead atoms. The van der Waals surface area contributed by atoms with Crippen LogP contribution in [-0.2, 0) is 4.79 Å². The van der Waals surface area contributed by atoms with Gasteiger partial charge in [0.2, 0.25) is 5.91 Å². The Morgan fingerprint density at radius 1 is 0.923 bits per heavy atom. The Labute approximate surface area is 154 Å². The van der Waals surface area contributed by atoms with Crippen molar-refractivity contribution in [1.82, 2.24) is 5.32 Å². The molecular weight excluding hydrogens is 330 g/mol. The van der Waals surface area contributed by atoms with Gasteiger partial charge < -0.3 is 19.5 Å². The predicted octanol–water partition coefficient (Wildman–Crippen LogP) is 3.69. The third kappa shape index (κ3) is 6.89. The van der Waals surface area contributed by atoms with Gasteiger partial charge in [-0.15, -0.1) is 0 Å². The van der Waals surface area contributed by atoms with Crippen LogP contribution in [0.2, 0.25) is 0 Å². The van der Waals surface area contributed by atoms with E-state index >= 15 is 0 Å². The number of carbonyl (C=O) groups excluding carboxylic acids is 1. The molecule has 0 unspecified atom stereocenters. The largest absolute Gasteiger partial charge is 0.497 e. The molecular formula is C21H25NO4. The predicted molar refractivity (Wildman–Crippen MR) is 103 cm³/mol. The van der Waals surface area contributed by atoms with Gasteiger partial charge in [-0.2, -0.15) is 0 Å². The van der Waals surface area contributed by atoms with Crippen LogP contribution < -0.4 is 19.5 Å². The molecule has 5 nitrogen and oxygen atoms in total. The highest BCUT2D eigenvalue weighted by atomic mass is 16.5. The minimum absolute atomic E-state index is 0.158. The van der Waals surface area contributed by atoms with E-state index in [4.69, 9.17) is 14.2 Å². The standard InChI is InChI=1S/C21H25NO4/c1-3-15-25-19-7-4-17(5-8-19)6-13-21(23)22-14-16-26-20-11-9-18(24-2)10-12-20/h4-13H,3,14-16H2,1-2H3,(H,22,23)/b13-6+. The lowest BCUT2D eigenvalue weighted by molar-refractivity contribution is -0.116. The second-order valence-electron chi connectivity index (χ2n) is 5.57. The first-order valence-electron chi connectivity index (χ1n) is 8.67. The second kappa shape index (κ2) is 10.8. The van der Waals surface area contributed by atoms with Crippen molar-refractivity contribution in [2.24, 2.45) is 0 Å². The Hall–Kier alpha value is -2.95. The van der Waals surface area contributed by atoms with Crippen molar-refractivity contribution in [2.45, 2.75) is 13.3 Å². The minimum atomic E-state index is -0.158. The highest BCUT2D eigenvalue weighted by Crippen LogP contribution is 2.16. The van der Waals surface area contributed by atoms with Gasteiger partial charge in [-0.3, -0.25) is 4.79 Å². The Bertz CT molecular complexity index is 693. The first kappa shape index (κ1) is 19.4. The van der Waals surface area contributed by atoms with Gasteiger partial charge in [0.1, 0.15) is 23.9 Å². The monoisotopic (exact) mass is 355 g/mol. The van der Waals surface area contributed by atoms with Gasteiger partial charge in [0.25, 0.3) is 0 Å². The van der Waals surface area contributed by atoms with Gasteiger partial charge >= 0.3 is 0 Å². The van der Waals surface area contributed by atoms with Crippen LogP contribution in [0.3, 0.4) is 0 Å². The summed E-state index contributed by atoms with van der Waals surface area (Å²) < 4.78 is 16.2. The van der Waals surface area contributed by atoms with Gasteiger partial charge in [-0.1, -0.05) is 19.1 Å². The number of ether oxygens (including phenoxy) is 3. The maximum absolute atomic E-state index is 11.8. The van der Waals surface area contributed by atoms with Gasteiger partial charge in [0.15, 0.2) is 0 Å². The fraction of sp³-hybridized carbons (Fsp3) is 0.286. The van der Waals surface area contributed by atoms with E-state index in [1.54, 1.807) is 13.2 Å². The molecule has 0 saturated carbocycles. The molecule has 2 aromatic carbocycles. The maximum atomic E-state index is 11.8. The number of nitrogens with one attached hydrogen (secondary N) is 1. The summed E-state index contributed by atoms with van der Waals surface area (Å²) in [6.07, 6.45) is 4.25. The zero-order valence-corrected chi connectivity index (χ0v) is 15.2. The molecule has 0 atom stereocenters. The molecule has 0 heterocycles. The van der Waals surface area contributed by atoms with Gasteiger partial charge in [-0.05, 0) is 54.5 Å². The number of methoxy groups -OCH3 is 1. The molecule has 0 aliphatic rings. The number of hydrogen-bond donors (Lipinski definition) is 1. The summed E-state index contributed by atoms with van der Waals surface area (Å²) in [6.45, 7) is 3.60. The lowest BCUT2D eigenvalue weighted by Crippen LogP contribution is -2.26. The van der Waals surface area contributed by atoms with Crippen molar-refractivity contribution in [3.8, 4) is 17.2 Å². The number of carbonyl (C=O) groups is 1. The molecule has 0 spiro atoms. The zero-order chi connectivity index (χ0) is 18.6. The lowest BCUT2D eigenvalue weighted by atomic mass is 10.2. The van der Waals surface area contributed by atoms with Crippen molar-refractivity contribution in [2.75, 3.05) is 26.9 Å². The molecule has 1 N–H and O–H groups in total. The van der Waals surface area contributed by atoms with Crippen molar-refractivity contribution < 1.29 is 19.0 Å². The number of amides is 1. The molecule has 0 aliphatic carbocycles. The Kier molecular flexibility index (Phi) is 8.06. The summed E-state index contributed by atoms with van der Waals surface area (Å²) in [5.74, 6) is 2.19. The van der Waals surface area contributed by atoms with E-state index in [0.717, 1.165) is 29.2 Å². The first-order chi connectivity index (χ1) is 12.7. The number of hydrogen-bond acceptors (Lipinski definition) is 4. The minimum Gasteiger partial charge on any atom is -0.497 e. The molecule has 2 aromatic rings. The van der Waals surface area contributed by atoms with Crippen LogP contribution in [0.4, 0.5) is 0 Å². The molecule has 5 heteroatoms. The van der Waals surface area contributed by atoms with E-state index in [-0.39, 0.29) is 5.91 Å². The van der Waals surface area contributed by atoms with Gasteiger partial charge in [0.05, 0.1) is 20.3 Å². The zero-order valence-electron chi connectivity index (χ0n) is 15.2. The fourth-order valence-corrected chi connectivity index (χ4v) is 2.14. The quantitative estimate of drug-likeness (QED) is 0.522. The van der Waals surface area contributed by atoms with E-state index in [0.29, 0.717) is 19.8 Å². The van der Waals surface area contributed by atoms with Crippen LogP contribution in [0, 0.1) is 0 Å². The fourth-order valence-electron chi connectivity index (χ4n) is 2.14. The molecule has 138 valence electrons. The third-order valence-electron chi connectivity index (χ3n) is 3.51. The summed E-state index contributed by atoms with van der Waals surface area (Å²) in [5.41, 5.74) is 0.943. The normalized spacial score (nSPS) is 10.5. The Morgan fingerprint density at radius 3 is 2.12 bits per heavy atom. The highest BCUT2D eigenvalue weighted by molar-refractivity contribution is 5.91. The summed E-state index contributed by atoms with van der Waals surface area (Å²) >= 11 is 0. The van der Waals surface area contributed by atoms with Crippen LogP contribution in [0.1, 0.15) is 18.9 Å². The molecule has 0 saturated heterocycles. The van der Waals surface area contributed by atoms with Crippen molar-refractivity contribution >= 4 is 12.0 Å².